The third-order valence-corrected chi connectivity index (χ3v) is 5.63. The van der Waals surface area contributed by atoms with Crippen LogP contribution in [-0.2, 0) is 4.74 Å². The van der Waals surface area contributed by atoms with E-state index < -0.39 is 5.63 Å². The summed E-state index contributed by atoms with van der Waals surface area (Å²) in [4.78, 5) is 25.1. The Balaban J connectivity index is 1.67. The summed E-state index contributed by atoms with van der Waals surface area (Å²) in [6.45, 7) is 2.18. The predicted octanol–water partition coefficient (Wildman–Crippen LogP) is 5.85. The first kappa shape index (κ1) is 18.8. The highest BCUT2D eigenvalue weighted by molar-refractivity contribution is 6.33. The van der Waals surface area contributed by atoms with Gasteiger partial charge in [-0.15, -0.1) is 0 Å². The Morgan fingerprint density at radius 2 is 1.93 bits per heavy atom. The van der Waals surface area contributed by atoms with E-state index in [2.05, 4.69) is 6.92 Å². The molecule has 0 bridgehead atoms. The molecule has 2 atom stereocenters. The van der Waals surface area contributed by atoms with Crippen LogP contribution in [0.4, 0.5) is 0 Å². The molecule has 0 spiro atoms. The van der Waals surface area contributed by atoms with Gasteiger partial charge in [-0.3, -0.25) is 0 Å². The number of carbonyl (C=O) groups is 1. The minimum atomic E-state index is -0.493. The van der Waals surface area contributed by atoms with E-state index in [1.54, 1.807) is 36.4 Å². The van der Waals surface area contributed by atoms with E-state index in [1.165, 1.54) is 6.42 Å². The average Bonchev–Trinajstić information content (AvgIpc) is 2.68. The number of hydrogen-bond acceptors (Lipinski definition) is 4. The fourth-order valence-electron chi connectivity index (χ4n) is 3.81. The molecule has 144 valence electrons. The molecule has 0 aliphatic heterocycles. The lowest BCUT2D eigenvalue weighted by atomic mass is 9.89. The first-order valence-corrected chi connectivity index (χ1v) is 9.93. The topological polar surface area (TPSA) is 56.5 Å². The largest absolute Gasteiger partial charge is 0.459 e. The van der Waals surface area contributed by atoms with Gasteiger partial charge >= 0.3 is 11.6 Å². The van der Waals surface area contributed by atoms with Gasteiger partial charge in [-0.25, -0.2) is 9.59 Å². The van der Waals surface area contributed by atoms with Crippen LogP contribution in [-0.4, -0.2) is 12.1 Å². The van der Waals surface area contributed by atoms with Crippen molar-refractivity contribution >= 4 is 28.5 Å². The zero-order valence-electron chi connectivity index (χ0n) is 15.6. The maximum absolute atomic E-state index is 12.6. The number of para-hydroxylation sites is 1. The van der Waals surface area contributed by atoms with Crippen LogP contribution >= 0.6 is 11.6 Å². The SMILES string of the molecule is C[C@@H]1CCC[C@@H](OC(=O)c2ccc(Cl)c(-c3cc4ccccc4oc3=O)c2)C1. The smallest absolute Gasteiger partial charge is 0.344 e. The van der Waals surface area contributed by atoms with Crippen LogP contribution in [0.1, 0.15) is 43.0 Å². The van der Waals surface area contributed by atoms with Crippen molar-refractivity contribution in [1.82, 2.24) is 0 Å². The van der Waals surface area contributed by atoms with Crippen LogP contribution in [0.15, 0.2) is 57.7 Å². The van der Waals surface area contributed by atoms with Gasteiger partial charge in [0.15, 0.2) is 0 Å². The second kappa shape index (κ2) is 7.80. The van der Waals surface area contributed by atoms with Gasteiger partial charge in [0.2, 0.25) is 0 Å². The predicted molar refractivity (Wildman–Crippen MR) is 110 cm³/mol. The molecule has 0 amide bonds. The molecule has 1 saturated carbocycles. The number of halogens is 1. The molecular formula is C23H21ClO4. The Hall–Kier alpha value is -2.59. The van der Waals surface area contributed by atoms with Gasteiger partial charge in [0, 0.05) is 16.0 Å². The molecule has 2 aromatic carbocycles. The normalized spacial score (nSPS) is 19.5. The molecule has 1 heterocycles. The van der Waals surface area contributed by atoms with Crippen LogP contribution < -0.4 is 5.63 Å². The fraction of sp³-hybridized carbons (Fsp3) is 0.304. The van der Waals surface area contributed by atoms with Gasteiger partial charge in [-0.2, -0.15) is 0 Å². The highest BCUT2D eigenvalue weighted by Gasteiger charge is 2.23. The van der Waals surface area contributed by atoms with Crippen LogP contribution in [0, 0.1) is 5.92 Å². The Kier molecular flexibility index (Phi) is 5.23. The number of fused-ring (bicyclic) bond motifs is 1. The van der Waals surface area contributed by atoms with Crippen LogP contribution in [0.3, 0.4) is 0 Å². The maximum Gasteiger partial charge on any atom is 0.344 e. The summed E-state index contributed by atoms with van der Waals surface area (Å²) in [6, 6.07) is 13.9. The van der Waals surface area contributed by atoms with Gasteiger partial charge in [-0.1, -0.05) is 43.1 Å². The molecule has 1 aliphatic carbocycles. The van der Waals surface area contributed by atoms with Crippen molar-refractivity contribution < 1.29 is 13.9 Å². The van der Waals surface area contributed by atoms with Crippen molar-refractivity contribution in [2.75, 3.05) is 0 Å². The minimum absolute atomic E-state index is 0.0545. The third kappa shape index (κ3) is 3.83. The number of ether oxygens (including phenoxy) is 1. The van der Waals surface area contributed by atoms with E-state index >= 15 is 0 Å². The summed E-state index contributed by atoms with van der Waals surface area (Å²) in [7, 11) is 0. The van der Waals surface area contributed by atoms with Gasteiger partial charge in [0.05, 0.1) is 11.1 Å². The van der Waals surface area contributed by atoms with Gasteiger partial charge < -0.3 is 9.15 Å². The van der Waals surface area contributed by atoms with Crippen molar-refractivity contribution in [3.05, 3.63) is 69.5 Å². The molecular weight excluding hydrogens is 376 g/mol. The van der Waals surface area contributed by atoms with Gasteiger partial charge in [-0.05, 0) is 55.5 Å². The zero-order chi connectivity index (χ0) is 19.7. The summed E-state index contributed by atoms with van der Waals surface area (Å²) in [5.41, 5.74) is 1.18. The lowest BCUT2D eigenvalue weighted by molar-refractivity contribution is 0.0155. The van der Waals surface area contributed by atoms with E-state index in [4.69, 9.17) is 20.8 Å². The van der Waals surface area contributed by atoms with Gasteiger partial charge in [0.1, 0.15) is 11.7 Å². The summed E-state index contributed by atoms with van der Waals surface area (Å²) in [5.74, 6) is 0.178. The highest BCUT2D eigenvalue weighted by atomic mass is 35.5. The molecule has 3 aromatic rings. The standard InChI is InChI=1S/C23H21ClO4/c1-14-5-4-7-17(11-14)27-22(25)16-9-10-20(24)18(13-16)19-12-15-6-2-3-8-21(15)28-23(19)26/h2-3,6,8-10,12-14,17H,4-5,7,11H2,1H3/t14-,17-/m1/s1. The van der Waals surface area contributed by atoms with E-state index in [9.17, 15) is 9.59 Å². The lowest BCUT2D eigenvalue weighted by Gasteiger charge is -2.26. The fourth-order valence-corrected chi connectivity index (χ4v) is 4.03. The monoisotopic (exact) mass is 396 g/mol. The first-order valence-electron chi connectivity index (χ1n) is 9.55. The second-order valence-electron chi connectivity index (χ2n) is 7.48. The van der Waals surface area contributed by atoms with E-state index in [-0.39, 0.29) is 12.1 Å². The van der Waals surface area contributed by atoms with Crippen molar-refractivity contribution in [2.45, 2.75) is 38.7 Å². The number of hydrogen-bond donors (Lipinski definition) is 0. The number of benzene rings is 2. The van der Waals surface area contributed by atoms with Gasteiger partial charge in [0.25, 0.3) is 0 Å². The molecule has 4 rings (SSSR count). The minimum Gasteiger partial charge on any atom is -0.459 e. The number of carbonyl (C=O) groups excluding carboxylic acids is 1. The van der Waals surface area contributed by atoms with Crippen molar-refractivity contribution in [1.29, 1.82) is 0 Å². The molecule has 0 radical (unpaired) electrons. The zero-order valence-corrected chi connectivity index (χ0v) is 16.4. The third-order valence-electron chi connectivity index (χ3n) is 5.30. The first-order chi connectivity index (χ1) is 13.5. The summed E-state index contributed by atoms with van der Waals surface area (Å²) in [5, 5.41) is 1.17. The lowest BCUT2D eigenvalue weighted by Crippen LogP contribution is -2.24. The van der Waals surface area contributed by atoms with E-state index in [0.717, 1.165) is 24.6 Å². The van der Waals surface area contributed by atoms with Crippen LogP contribution in [0.5, 0.6) is 0 Å². The quantitative estimate of drug-likeness (QED) is 0.411. The molecule has 0 unspecified atom stereocenters. The van der Waals surface area contributed by atoms with E-state index in [1.807, 2.05) is 12.1 Å². The average molecular weight is 397 g/mol. The molecule has 0 saturated heterocycles. The molecule has 5 heteroatoms. The maximum atomic E-state index is 12.6. The van der Waals surface area contributed by atoms with Crippen LogP contribution in [0.2, 0.25) is 5.02 Å². The number of rotatable bonds is 3. The molecule has 0 N–H and O–H groups in total. The second-order valence-corrected chi connectivity index (χ2v) is 7.89. The van der Waals surface area contributed by atoms with E-state index in [0.29, 0.717) is 33.2 Å². The molecule has 1 aliphatic rings. The molecule has 4 nitrogen and oxygen atoms in total. The summed E-state index contributed by atoms with van der Waals surface area (Å²) >= 11 is 6.34. The highest BCUT2D eigenvalue weighted by Crippen LogP contribution is 2.30. The van der Waals surface area contributed by atoms with Crippen molar-refractivity contribution in [2.24, 2.45) is 5.92 Å². The Morgan fingerprint density at radius 1 is 1.11 bits per heavy atom. The van der Waals surface area contributed by atoms with Crippen LogP contribution in [0.25, 0.3) is 22.1 Å². The van der Waals surface area contributed by atoms with Crippen molar-refractivity contribution in [3.63, 3.8) is 0 Å². The van der Waals surface area contributed by atoms with Crippen molar-refractivity contribution in [3.8, 4) is 11.1 Å². The Labute approximate surface area is 168 Å². The molecule has 1 aromatic heterocycles. The Bertz CT molecular complexity index is 1090. The number of esters is 1. The molecule has 1 fully saturated rings. The Morgan fingerprint density at radius 3 is 2.75 bits per heavy atom. The summed E-state index contributed by atoms with van der Waals surface area (Å²) in [6.07, 6.45) is 3.98. The molecule has 28 heavy (non-hydrogen) atoms. The summed E-state index contributed by atoms with van der Waals surface area (Å²) < 4.78 is 11.1.